The molecule has 17 heteroatoms. The number of carbonyl (C=O) groups is 6. The Morgan fingerprint density at radius 3 is 1.90 bits per heavy atom. The highest BCUT2D eigenvalue weighted by Gasteiger charge is 2.41. The first-order chi connectivity index (χ1) is 27.6. The van der Waals surface area contributed by atoms with Crippen molar-refractivity contribution in [1.82, 2.24) is 31.1 Å². The molecule has 0 aromatic carbocycles. The number of unbranched alkanes of at least 4 members (excludes halogenated alkanes) is 1. The molecule has 3 aliphatic rings. The highest BCUT2D eigenvalue weighted by Crippen LogP contribution is 2.31. The van der Waals surface area contributed by atoms with Gasteiger partial charge in [-0.15, -0.1) is 0 Å². The molecule has 2 saturated heterocycles. The summed E-state index contributed by atoms with van der Waals surface area (Å²) in [6.45, 7) is 9.72. The van der Waals surface area contributed by atoms with Crippen molar-refractivity contribution < 1.29 is 48.6 Å². The molecule has 0 radical (unpaired) electrons. The third-order valence-electron chi connectivity index (χ3n) is 11.6. The minimum Gasteiger partial charge on any atom is -0.394 e. The van der Waals surface area contributed by atoms with Crippen molar-refractivity contribution >= 4 is 41.6 Å². The quantitative estimate of drug-likeness (QED) is 0.0849. The number of hydrogen-bond acceptors (Lipinski definition) is 11. The van der Waals surface area contributed by atoms with Gasteiger partial charge in [0.2, 0.25) is 35.4 Å². The van der Waals surface area contributed by atoms with Crippen LogP contribution in [-0.4, -0.2) is 130 Å². The van der Waals surface area contributed by atoms with Crippen LogP contribution < -0.4 is 27.0 Å². The van der Waals surface area contributed by atoms with Crippen LogP contribution >= 0.6 is 0 Å². The highest BCUT2D eigenvalue weighted by molar-refractivity contribution is 5.96. The van der Waals surface area contributed by atoms with E-state index in [1.165, 1.54) is 31.1 Å². The number of amides is 6. The molecule has 2 heterocycles. The zero-order valence-corrected chi connectivity index (χ0v) is 35.3. The van der Waals surface area contributed by atoms with Crippen LogP contribution in [0.3, 0.4) is 0 Å². The molecule has 0 aromatic rings. The first-order valence-corrected chi connectivity index (χ1v) is 21.4. The molecule has 1 saturated carbocycles. The van der Waals surface area contributed by atoms with Gasteiger partial charge in [0.25, 0.3) is 0 Å². The molecular formula is C41H71N7O10. The number of piperidine rings is 1. The maximum absolute atomic E-state index is 14.1. The lowest BCUT2D eigenvalue weighted by Crippen LogP contribution is -2.61. The lowest BCUT2D eigenvalue weighted by Gasteiger charge is -2.38. The van der Waals surface area contributed by atoms with Crippen LogP contribution in [0, 0.1) is 17.8 Å². The Morgan fingerprint density at radius 1 is 0.741 bits per heavy atom. The number of carbonyl (C=O) groups excluding carboxylic acids is 8. The molecule has 330 valence electrons. The largest absolute Gasteiger partial charge is 0.394 e. The monoisotopic (exact) mass is 822 g/mol. The van der Waals surface area contributed by atoms with E-state index in [0.717, 1.165) is 19.3 Å². The second-order valence-electron chi connectivity index (χ2n) is 16.8. The fourth-order valence-corrected chi connectivity index (χ4v) is 8.45. The Bertz CT molecular complexity index is 1370. The van der Waals surface area contributed by atoms with Gasteiger partial charge < -0.3 is 47.0 Å². The summed E-state index contributed by atoms with van der Waals surface area (Å²) in [6.07, 6.45) is 10.2. The maximum atomic E-state index is 14.1. The van der Waals surface area contributed by atoms with E-state index in [2.05, 4.69) is 28.2 Å². The molecule has 8 atom stereocenters. The summed E-state index contributed by atoms with van der Waals surface area (Å²) < 4.78 is 0. The van der Waals surface area contributed by atoms with Crippen LogP contribution in [0.2, 0.25) is 0 Å². The maximum Gasteiger partial charge on any atom is 0.373 e. The van der Waals surface area contributed by atoms with Crippen molar-refractivity contribution in [2.24, 2.45) is 23.5 Å². The van der Waals surface area contributed by atoms with Crippen LogP contribution in [0.15, 0.2) is 0 Å². The van der Waals surface area contributed by atoms with Crippen molar-refractivity contribution in [3.63, 3.8) is 0 Å². The normalized spacial score (nSPS) is 21.5. The van der Waals surface area contributed by atoms with Crippen LogP contribution in [0.1, 0.15) is 131 Å². The average molecular weight is 822 g/mol. The van der Waals surface area contributed by atoms with E-state index < -0.39 is 66.0 Å². The Morgan fingerprint density at radius 2 is 1.31 bits per heavy atom. The number of hydrogen-bond donors (Lipinski definition) is 7. The van der Waals surface area contributed by atoms with Gasteiger partial charge in [0, 0.05) is 19.5 Å². The van der Waals surface area contributed by atoms with Crippen molar-refractivity contribution in [1.29, 1.82) is 0 Å². The molecule has 0 aromatic heterocycles. The molecule has 0 bridgehead atoms. The molecule has 3 rings (SSSR count). The number of nitrogens with zero attached hydrogens (tertiary/aromatic N) is 2. The van der Waals surface area contributed by atoms with Crippen LogP contribution in [-0.2, 0) is 38.4 Å². The number of nitrogens with two attached hydrogens (primary N) is 1. The zero-order valence-electron chi connectivity index (χ0n) is 35.3. The summed E-state index contributed by atoms with van der Waals surface area (Å²) in [5.74, 6) is -1.75. The predicted octanol–water partition coefficient (Wildman–Crippen LogP) is 0.889. The second-order valence-corrected chi connectivity index (χ2v) is 16.8. The number of aliphatic hydroxyl groups is 2. The number of nitrogens with one attached hydrogen (secondary N) is 4. The SMILES string of the molecule is CC(C)C[C@@H](CO)NC(=O)[C@@H](NC(=O)[C@@H]1CCCN1C(=O)[C@H](C)NC(=O)[C@@H]1CCCCN1C(=O)[C@H](CCCCN)NC(=O)C[C@H](C)C1CCCCC1)C(C)O.O=C=O. The fraction of sp³-hybridized carbons (Fsp3) is 0.829. The van der Waals surface area contributed by atoms with E-state index in [0.29, 0.717) is 76.8 Å². The summed E-state index contributed by atoms with van der Waals surface area (Å²) in [5, 5.41) is 31.2. The van der Waals surface area contributed by atoms with Crippen LogP contribution in [0.25, 0.3) is 0 Å². The Labute approximate surface area is 343 Å². The number of aliphatic hydroxyl groups excluding tert-OH is 2. The summed E-state index contributed by atoms with van der Waals surface area (Å²) in [5.41, 5.74) is 5.74. The van der Waals surface area contributed by atoms with Gasteiger partial charge in [0.1, 0.15) is 30.2 Å². The number of likely N-dealkylation sites (tertiary alicyclic amines) is 2. The molecule has 17 nitrogen and oxygen atoms in total. The van der Waals surface area contributed by atoms with Crippen LogP contribution in [0.4, 0.5) is 0 Å². The lowest BCUT2D eigenvalue weighted by atomic mass is 9.79. The zero-order chi connectivity index (χ0) is 43.4. The molecule has 1 aliphatic carbocycles. The van der Waals surface area contributed by atoms with E-state index in [9.17, 15) is 39.0 Å². The number of rotatable bonds is 20. The highest BCUT2D eigenvalue weighted by atomic mass is 16.3. The molecule has 6 amide bonds. The third-order valence-corrected chi connectivity index (χ3v) is 11.6. The van der Waals surface area contributed by atoms with Gasteiger partial charge in [0.05, 0.1) is 18.8 Å². The Kier molecular flexibility index (Phi) is 22.7. The fourth-order valence-electron chi connectivity index (χ4n) is 8.45. The van der Waals surface area contributed by atoms with Gasteiger partial charge >= 0.3 is 6.15 Å². The molecule has 0 spiro atoms. The van der Waals surface area contributed by atoms with Gasteiger partial charge in [-0.2, -0.15) is 9.59 Å². The van der Waals surface area contributed by atoms with Crippen molar-refractivity contribution in [3.05, 3.63) is 0 Å². The molecule has 8 N–H and O–H groups in total. The average Bonchev–Trinajstić information content (AvgIpc) is 3.69. The van der Waals surface area contributed by atoms with E-state index in [1.807, 2.05) is 13.8 Å². The molecule has 58 heavy (non-hydrogen) atoms. The van der Waals surface area contributed by atoms with E-state index >= 15 is 0 Å². The van der Waals surface area contributed by atoms with Gasteiger partial charge in [0.15, 0.2) is 0 Å². The third kappa shape index (κ3) is 16.0. The van der Waals surface area contributed by atoms with E-state index in [1.54, 1.807) is 11.8 Å². The Balaban J connectivity index is 0.00000374. The van der Waals surface area contributed by atoms with Gasteiger partial charge in [-0.1, -0.05) is 52.9 Å². The minimum absolute atomic E-state index is 0.161. The lowest BCUT2D eigenvalue weighted by molar-refractivity contribution is -0.191. The van der Waals surface area contributed by atoms with Gasteiger partial charge in [-0.05, 0) is 95.9 Å². The standard InChI is InChI=1S/C40H71N7O8.CO2/c1-25(2)22-30(24-48)43-38(53)35(28(5)49)45-37(52)33-18-13-21-46(33)39(54)27(4)42-36(51)32-17-10-12-20-47(32)40(55)31(16-9-11-19-41)44-34(50)23-26(3)29-14-7-6-8-15-29;2-1-3/h25-33,35,48-49H,6-24,41H2,1-5H3,(H,42,51)(H,43,53)(H,44,50)(H,45,52);/t26-,27-,28?,30-,31-,32-,33-,35-;/m0./s1. The first-order valence-electron chi connectivity index (χ1n) is 21.4. The minimum atomic E-state index is -1.30. The van der Waals surface area contributed by atoms with Gasteiger partial charge in [-0.3, -0.25) is 28.8 Å². The van der Waals surface area contributed by atoms with Gasteiger partial charge in [-0.25, -0.2) is 0 Å². The van der Waals surface area contributed by atoms with Crippen molar-refractivity contribution in [3.8, 4) is 0 Å². The molecule has 3 fully saturated rings. The summed E-state index contributed by atoms with van der Waals surface area (Å²) in [6, 6.07) is -5.40. The molecule has 2 aliphatic heterocycles. The molecule has 1 unspecified atom stereocenters. The predicted molar refractivity (Wildman–Crippen MR) is 214 cm³/mol. The molecular weight excluding hydrogens is 750 g/mol. The second kappa shape index (κ2) is 26.2. The van der Waals surface area contributed by atoms with Crippen molar-refractivity contribution in [2.75, 3.05) is 26.2 Å². The van der Waals surface area contributed by atoms with E-state index in [4.69, 9.17) is 15.3 Å². The van der Waals surface area contributed by atoms with Crippen molar-refractivity contribution in [2.45, 2.75) is 173 Å². The Hall–Kier alpha value is -3.92. The summed E-state index contributed by atoms with van der Waals surface area (Å²) >= 11 is 0. The summed E-state index contributed by atoms with van der Waals surface area (Å²) in [7, 11) is 0. The first kappa shape index (κ1) is 50.2. The summed E-state index contributed by atoms with van der Waals surface area (Å²) in [4.78, 5) is 101. The van der Waals surface area contributed by atoms with E-state index in [-0.39, 0.29) is 43.0 Å². The van der Waals surface area contributed by atoms with Crippen LogP contribution in [0.5, 0.6) is 0 Å². The smallest absolute Gasteiger partial charge is 0.373 e. The topological polar surface area (TPSA) is 258 Å².